The molecule has 4 aromatic rings. The van der Waals surface area contributed by atoms with Crippen LogP contribution < -0.4 is 4.74 Å². The summed E-state index contributed by atoms with van der Waals surface area (Å²) in [5.74, 6) is 0.846. The topological polar surface area (TPSA) is 90.2 Å². The van der Waals surface area contributed by atoms with Crippen molar-refractivity contribution in [2.75, 3.05) is 7.11 Å². The van der Waals surface area contributed by atoms with Crippen LogP contribution in [-0.2, 0) is 11.3 Å². The first-order valence-corrected chi connectivity index (χ1v) is 8.84. The highest BCUT2D eigenvalue weighted by Crippen LogP contribution is 2.22. The molecule has 2 aromatic heterocycles. The zero-order valence-corrected chi connectivity index (χ0v) is 15.8. The van der Waals surface area contributed by atoms with Gasteiger partial charge in [0.1, 0.15) is 11.4 Å². The molecule has 0 aliphatic rings. The molecule has 7 nitrogen and oxygen atoms in total. The monoisotopic (exact) mass is 427 g/mol. The van der Waals surface area contributed by atoms with Crippen LogP contribution in [0, 0.1) is 0 Å². The number of aromatic amines is 1. The lowest BCUT2D eigenvalue weighted by molar-refractivity contribution is 0.0424. The molecule has 0 saturated heterocycles. The number of carbonyl (C=O) groups is 1. The van der Waals surface area contributed by atoms with Crippen LogP contribution in [-0.4, -0.2) is 28.2 Å². The standard InChI is InChI=1S/C19H14BrN3O4/c1-25-14-6-5-11-8-16(21-15(11)9-14)19(24)26-10-17-22-18(23-27-17)12-3-2-4-13(20)7-12/h2-9,21H,10H2,1H3. The Morgan fingerprint density at radius 3 is 2.93 bits per heavy atom. The second-order valence-electron chi connectivity index (χ2n) is 5.73. The SMILES string of the molecule is COc1ccc2cc(C(=O)OCc3nc(-c4cccc(Br)c4)no3)[nH]c2c1. The van der Waals surface area contributed by atoms with Crippen LogP contribution >= 0.6 is 15.9 Å². The summed E-state index contributed by atoms with van der Waals surface area (Å²) >= 11 is 3.40. The number of hydrogen-bond donors (Lipinski definition) is 1. The van der Waals surface area contributed by atoms with Gasteiger partial charge < -0.3 is 19.0 Å². The summed E-state index contributed by atoms with van der Waals surface area (Å²) < 4.78 is 16.5. The predicted octanol–water partition coefficient (Wildman–Crippen LogP) is 4.35. The number of H-pyrrole nitrogens is 1. The summed E-state index contributed by atoms with van der Waals surface area (Å²) in [6.45, 7) is -0.113. The lowest BCUT2D eigenvalue weighted by atomic mass is 10.2. The maximum Gasteiger partial charge on any atom is 0.355 e. The number of ether oxygens (including phenoxy) is 2. The van der Waals surface area contributed by atoms with E-state index < -0.39 is 5.97 Å². The van der Waals surface area contributed by atoms with E-state index in [0.717, 1.165) is 20.9 Å². The average molecular weight is 428 g/mol. The van der Waals surface area contributed by atoms with Gasteiger partial charge in [-0.2, -0.15) is 4.98 Å². The Kier molecular flexibility index (Phi) is 4.64. The number of nitrogens with zero attached hydrogens (tertiary/aromatic N) is 2. The number of fused-ring (bicyclic) bond motifs is 1. The van der Waals surface area contributed by atoms with Crippen molar-refractivity contribution in [1.29, 1.82) is 0 Å². The van der Waals surface area contributed by atoms with Crippen molar-refractivity contribution in [3.8, 4) is 17.1 Å². The van der Waals surface area contributed by atoms with E-state index in [2.05, 4.69) is 31.1 Å². The molecule has 1 N–H and O–H groups in total. The molecule has 8 heteroatoms. The Hall–Kier alpha value is -3.13. The van der Waals surface area contributed by atoms with Crippen LogP contribution in [0.25, 0.3) is 22.3 Å². The summed E-state index contributed by atoms with van der Waals surface area (Å²) in [4.78, 5) is 19.6. The van der Waals surface area contributed by atoms with E-state index >= 15 is 0 Å². The molecule has 0 aliphatic carbocycles. The number of aromatic nitrogens is 3. The summed E-state index contributed by atoms with van der Waals surface area (Å²) in [7, 11) is 1.59. The maximum absolute atomic E-state index is 12.3. The summed E-state index contributed by atoms with van der Waals surface area (Å²) in [6, 6.07) is 14.7. The van der Waals surface area contributed by atoms with Crippen LogP contribution in [0.1, 0.15) is 16.4 Å². The highest BCUT2D eigenvalue weighted by Gasteiger charge is 2.15. The number of rotatable bonds is 5. The molecule has 27 heavy (non-hydrogen) atoms. The number of benzene rings is 2. The van der Waals surface area contributed by atoms with Crippen LogP contribution in [0.5, 0.6) is 5.75 Å². The zero-order valence-electron chi connectivity index (χ0n) is 14.2. The van der Waals surface area contributed by atoms with E-state index in [1.165, 1.54) is 0 Å². The molecule has 0 saturated carbocycles. The van der Waals surface area contributed by atoms with Gasteiger partial charge >= 0.3 is 5.97 Å². The van der Waals surface area contributed by atoms with Crippen molar-refractivity contribution in [3.05, 3.63) is 64.6 Å². The van der Waals surface area contributed by atoms with Crippen LogP contribution in [0.3, 0.4) is 0 Å². The Morgan fingerprint density at radius 2 is 2.11 bits per heavy atom. The van der Waals surface area contributed by atoms with Crippen molar-refractivity contribution in [3.63, 3.8) is 0 Å². The van der Waals surface area contributed by atoms with Crippen molar-refractivity contribution in [1.82, 2.24) is 15.1 Å². The molecule has 2 aromatic carbocycles. The van der Waals surface area contributed by atoms with Crippen molar-refractivity contribution in [2.45, 2.75) is 6.61 Å². The lowest BCUT2D eigenvalue weighted by Gasteiger charge is -1.99. The maximum atomic E-state index is 12.3. The molecule has 0 radical (unpaired) electrons. The smallest absolute Gasteiger partial charge is 0.355 e. The number of hydrogen-bond acceptors (Lipinski definition) is 6. The van der Waals surface area contributed by atoms with Crippen molar-refractivity contribution < 1.29 is 18.8 Å². The molecule has 4 rings (SSSR count). The quantitative estimate of drug-likeness (QED) is 0.476. The Balaban J connectivity index is 1.45. The Labute approximate surface area is 162 Å². The third kappa shape index (κ3) is 3.70. The van der Waals surface area contributed by atoms with Gasteiger partial charge in [-0.25, -0.2) is 4.79 Å². The fraction of sp³-hybridized carbons (Fsp3) is 0.105. The molecular weight excluding hydrogens is 414 g/mol. The molecule has 0 bridgehead atoms. The number of carbonyl (C=O) groups excluding carboxylic acids is 1. The van der Waals surface area contributed by atoms with E-state index in [1.54, 1.807) is 13.2 Å². The zero-order chi connectivity index (χ0) is 18.8. The Bertz CT molecular complexity index is 1120. The first-order valence-electron chi connectivity index (χ1n) is 8.05. The van der Waals surface area contributed by atoms with Gasteiger partial charge in [-0.05, 0) is 30.3 Å². The predicted molar refractivity (Wildman–Crippen MR) is 101 cm³/mol. The summed E-state index contributed by atoms with van der Waals surface area (Å²) in [6.07, 6.45) is 0. The van der Waals surface area contributed by atoms with Crippen LogP contribution in [0.15, 0.2) is 57.5 Å². The largest absolute Gasteiger partial charge is 0.497 e. The molecule has 0 atom stereocenters. The second-order valence-corrected chi connectivity index (χ2v) is 6.65. The second kappa shape index (κ2) is 7.24. The third-order valence-corrected chi connectivity index (χ3v) is 4.42. The third-order valence-electron chi connectivity index (χ3n) is 3.93. The summed E-state index contributed by atoms with van der Waals surface area (Å²) in [5, 5.41) is 4.80. The normalized spacial score (nSPS) is 10.9. The van der Waals surface area contributed by atoms with Crippen LogP contribution in [0.4, 0.5) is 0 Å². The number of nitrogens with one attached hydrogen (secondary N) is 1. The minimum Gasteiger partial charge on any atom is -0.497 e. The molecular formula is C19H14BrN3O4. The highest BCUT2D eigenvalue weighted by atomic mass is 79.9. The van der Waals surface area contributed by atoms with E-state index in [9.17, 15) is 4.79 Å². The van der Waals surface area contributed by atoms with Gasteiger partial charge in [-0.1, -0.05) is 33.2 Å². The molecule has 136 valence electrons. The van der Waals surface area contributed by atoms with E-state index in [4.69, 9.17) is 14.0 Å². The minimum atomic E-state index is -0.507. The van der Waals surface area contributed by atoms with Gasteiger partial charge in [-0.15, -0.1) is 0 Å². The fourth-order valence-electron chi connectivity index (χ4n) is 2.61. The van der Waals surface area contributed by atoms with Crippen LogP contribution in [0.2, 0.25) is 0 Å². The highest BCUT2D eigenvalue weighted by molar-refractivity contribution is 9.10. The molecule has 0 fully saturated rings. The number of methoxy groups -OCH3 is 1. The average Bonchev–Trinajstić information content (AvgIpc) is 3.32. The van der Waals surface area contributed by atoms with Gasteiger partial charge in [0.05, 0.1) is 7.11 Å². The van der Waals surface area contributed by atoms with Gasteiger partial charge in [0.2, 0.25) is 5.82 Å². The van der Waals surface area contributed by atoms with Gasteiger partial charge in [0.15, 0.2) is 6.61 Å². The first-order chi connectivity index (χ1) is 13.1. The fourth-order valence-corrected chi connectivity index (χ4v) is 3.01. The molecule has 2 heterocycles. The lowest BCUT2D eigenvalue weighted by Crippen LogP contribution is -2.05. The number of halogens is 1. The molecule has 0 amide bonds. The van der Waals surface area contributed by atoms with E-state index in [-0.39, 0.29) is 12.5 Å². The minimum absolute atomic E-state index is 0.113. The first kappa shape index (κ1) is 17.3. The molecule has 0 spiro atoms. The Morgan fingerprint density at radius 1 is 1.22 bits per heavy atom. The van der Waals surface area contributed by atoms with Crippen molar-refractivity contribution in [2.24, 2.45) is 0 Å². The van der Waals surface area contributed by atoms with E-state index in [1.807, 2.05) is 42.5 Å². The van der Waals surface area contributed by atoms with Gasteiger partial charge in [0, 0.05) is 27.0 Å². The summed E-state index contributed by atoms with van der Waals surface area (Å²) in [5.41, 5.74) is 1.93. The number of esters is 1. The van der Waals surface area contributed by atoms with Crippen molar-refractivity contribution >= 4 is 32.8 Å². The van der Waals surface area contributed by atoms with E-state index in [0.29, 0.717) is 17.3 Å². The van der Waals surface area contributed by atoms with Gasteiger partial charge in [-0.3, -0.25) is 0 Å². The molecule has 0 unspecified atom stereocenters. The molecule has 0 aliphatic heterocycles. The van der Waals surface area contributed by atoms with Gasteiger partial charge in [0.25, 0.3) is 5.89 Å².